The molecular formula is C12H16Cl3N3O. The van der Waals surface area contributed by atoms with Crippen LogP contribution in [0, 0.1) is 0 Å². The van der Waals surface area contributed by atoms with Crippen LogP contribution in [-0.2, 0) is 0 Å². The Kier molecular flexibility index (Phi) is 8.96. The lowest BCUT2D eigenvalue weighted by Crippen LogP contribution is -1.94. The average molecular weight is 325 g/mol. The van der Waals surface area contributed by atoms with Gasteiger partial charge in [0.15, 0.2) is 0 Å². The highest BCUT2D eigenvalue weighted by Crippen LogP contribution is 2.29. The van der Waals surface area contributed by atoms with Crippen LogP contribution in [0.2, 0.25) is 0 Å². The summed E-state index contributed by atoms with van der Waals surface area (Å²) >= 11 is 0. The fourth-order valence-corrected chi connectivity index (χ4v) is 1.36. The number of nitrogen functional groups attached to an aromatic ring is 3. The molecule has 0 bridgehead atoms. The van der Waals surface area contributed by atoms with Crippen LogP contribution in [0.4, 0.5) is 17.1 Å². The van der Waals surface area contributed by atoms with E-state index in [1.165, 1.54) is 0 Å². The van der Waals surface area contributed by atoms with E-state index >= 15 is 0 Å². The summed E-state index contributed by atoms with van der Waals surface area (Å²) in [6.45, 7) is 0. The maximum absolute atomic E-state index is 5.77. The van der Waals surface area contributed by atoms with Gasteiger partial charge < -0.3 is 21.9 Å². The largest absolute Gasteiger partial charge is 0.455 e. The Labute approximate surface area is 130 Å². The summed E-state index contributed by atoms with van der Waals surface area (Å²) in [4.78, 5) is 0. The van der Waals surface area contributed by atoms with Gasteiger partial charge in [-0.2, -0.15) is 0 Å². The highest BCUT2D eigenvalue weighted by molar-refractivity contribution is 5.86. The number of benzene rings is 2. The number of hydrogen-bond donors (Lipinski definition) is 3. The molecule has 0 aromatic heterocycles. The van der Waals surface area contributed by atoms with Crippen LogP contribution >= 0.6 is 37.2 Å². The predicted octanol–water partition coefficient (Wildman–Crippen LogP) is 3.49. The van der Waals surface area contributed by atoms with Crippen LogP contribution in [0.25, 0.3) is 0 Å². The molecule has 7 heteroatoms. The van der Waals surface area contributed by atoms with Crippen molar-refractivity contribution < 1.29 is 4.74 Å². The predicted molar refractivity (Wildman–Crippen MR) is 87.9 cm³/mol. The maximum atomic E-state index is 5.77. The molecule has 0 aliphatic carbocycles. The minimum Gasteiger partial charge on any atom is -0.455 e. The molecule has 0 radical (unpaired) electrons. The van der Waals surface area contributed by atoms with E-state index in [1.54, 1.807) is 30.3 Å². The molecule has 0 spiro atoms. The van der Waals surface area contributed by atoms with Crippen molar-refractivity contribution in [2.45, 2.75) is 0 Å². The second-order valence-electron chi connectivity index (χ2n) is 3.47. The first-order valence-corrected chi connectivity index (χ1v) is 4.83. The van der Waals surface area contributed by atoms with Gasteiger partial charge in [-0.15, -0.1) is 37.2 Å². The fourth-order valence-electron chi connectivity index (χ4n) is 1.36. The molecule has 0 unspecified atom stereocenters. The number of rotatable bonds is 2. The summed E-state index contributed by atoms with van der Waals surface area (Å²) in [5.74, 6) is 1.22. The van der Waals surface area contributed by atoms with Gasteiger partial charge in [-0.1, -0.05) is 6.07 Å². The van der Waals surface area contributed by atoms with Crippen molar-refractivity contribution in [1.29, 1.82) is 0 Å². The fraction of sp³-hybridized carbons (Fsp3) is 0. The van der Waals surface area contributed by atoms with Crippen molar-refractivity contribution in [3.8, 4) is 11.5 Å². The third kappa shape index (κ3) is 5.34. The Bertz CT molecular complexity index is 523. The Morgan fingerprint density at radius 2 is 1.37 bits per heavy atom. The van der Waals surface area contributed by atoms with E-state index in [2.05, 4.69) is 0 Å². The number of hydrogen-bond acceptors (Lipinski definition) is 4. The third-order valence-electron chi connectivity index (χ3n) is 2.12. The standard InChI is InChI=1S/C12H13N3O.3ClH/c13-8-2-1-3-10(6-8)16-12-5-4-9(14)7-11(12)15;;;/h1-7H,13-15H2;3*1H. The molecule has 0 fully saturated rings. The van der Waals surface area contributed by atoms with Crippen LogP contribution in [0.3, 0.4) is 0 Å². The van der Waals surface area contributed by atoms with Gasteiger partial charge in [-0.05, 0) is 30.3 Å². The molecule has 0 aliphatic rings. The summed E-state index contributed by atoms with van der Waals surface area (Å²) in [5, 5.41) is 0. The van der Waals surface area contributed by atoms with E-state index in [-0.39, 0.29) is 37.2 Å². The quantitative estimate of drug-likeness (QED) is 0.738. The number of nitrogens with two attached hydrogens (primary N) is 3. The topological polar surface area (TPSA) is 87.3 Å². The SMILES string of the molecule is Cl.Cl.Cl.Nc1cccc(Oc2ccc(N)cc2N)c1. The van der Waals surface area contributed by atoms with E-state index in [0.29, 0.717) is 28.6 Å². The first kappa shape index (κ1) is 19.8. The minimum absolute atomic E-state index is 0. The Morgan fingerprint density at radius 3 is 1.95 bits per heavy atom. The van der Waals surface area contributed by atoms with Gasteiger partial charge in [-0.3, -0.25) is 0 Å². The van der Waals surface area contributed by atoms with Crippen molar-refractivity contribution in [3.63, 3.8) is 0 Å². The maximum Gasteiger partial charge on any atom is 0.150 e. The molecule has 19 heavy (non-hydrogen) atoms. The van der Waals surface area contributed by atoms with Gasteiger partial charge in [0, 0.05) is 17.4 Å². The van der Waals surface area contributed by atoms with E-state index < -0.39 is 0 Å². The van der Waals surface area contributed by atoms with Gasteiger partial charge in [0.2, 0.25) is 0 Å². The average Bonchev–Trinajstić information content (AvgIpc) is 2.22. The van der Waals surface area contributed by atoms with Gasteiger partial charge in [0.05, 0.1) is 5.69 Å². The molecule has 0 heterocycles. The van der Waals surface area contributed by atoms with Crippen LogP contribution in [0.5, 0.6) is 11.5 Å². The third-order valence-corrected chi connectivity index (χ3v) is 2.12. The number of ether oxygens (including phenoxy) is 1. The molecule has 106 valence electrons. The Morgan fingerprint density at radius 1 is 0.737 bits per heavy atom. The van der Waals surface area contributed by atoms with Crippen LogP contribution in [0.15, 0.2) is 42.5 Å². The van der Waals surface area contributed by atoms with E-state index in [4.69, 9.17) is 21.9 Å². The van der Waals surface area contributed by atoms with E-state index in [0.717, 1.165) is 0 Å². The zero-order valence-corrected chi connectivity index (χ0v) is 12.4. The zero-order valence-electron chi connectivity index (χ0n) is 9.91. The summed E-state index contributed by atoms with van der Waals surface area (Å²) in [5.41, 5.74) is 18.8. The zero-order chi connectivity index (χ0) is 11.5. The van der Waals surface area contributed by atoms with Crippen molar-refractivity contribution in [3.05, 3.63) is 42.5 Å². The molecular weight excluding hydrogens is 309 g/mol. The number of anilines is 3. The summed E-state index contributed by atoms with van der Waals surface area (Å²) in [7, 11) is 0. The van der Waals surface area contributed by atoms with Crippen LogP contribution < -0.4 is 21.9 Å². The van der Waals surface area contributed by atoms with Crippen molar-refractivity contribution in [1.82, 2.24) is 0 Å². The molecule has 2 aromatic rings. The smallest absolute Gasteiger partial charge is 0.150 e. The Hall–Kier alpha value is -1.49. The molecule has 4 nitrogen and oxygen atoms in total. The lowest BCUT2D eigenvalue weighted by Gasteiger charge is -2.09. The van der Waals surface area contributed by atoms with Crippen LogP contribution in [0.1, 0.15) is 0 Å². The van der Waals surface area contributed by atoms with E-state index in [1.807, 2.05) is 12.1 Å². The highest BCUT2D eigenvalue weighted by Gasteiger charge is 2.02. The Balaban J connectivity index is 0. The normalized spacial score (nSPS) is 8.42. The number of halogens is 3. The van der Waals surface area contributed by atoms with Gasteiger partial charge in [0.25, 0.3) is 0 Å². The first-order chi connectivity index (χ1) is 7.65. The first-order valence-electron chi connectivity index (χ1n) is 4.83. The minimum atomic E-state index is 0. The summed E-state index contributed by atoms with van der Waals surface area (Å²) in [6, 6.07) is 12.3. The summed E-state index contributed by atoms with van der Waals surface area (Å²) in [6.07, 6.45) is 0. The molecule has 0 saturated carbocycles. The lowest BCUT2D eigenvalue weighted by atomic mass is 10.2. The molecule has 6 N–H and O–H groups in total. The van der Waals surface area contributed by atoms with Crippen molar-refractivity contribution in [2.75, 3.05) is 17.2 Å². The van der Waals surface area contributed by atoms with Gasteiger partial charge in [-0.25, -0.2) is 0 Å². The van der Waals surface area contributed by atoms with Crippen LogP contribution in [-0.4, -0.2) is 0 Å². The molecule has 2 rings (SSSR count). The van der Waals surface area contributed by atoms with E-state index in [9.17, 15) is 0 Å². The summed E-state index contributed by atoms with van der Waals surface area (Å²) < 4.78 is 5.58. The molecule has 0 aliphatic heterocycles. The molecule has 0 amide bonds. The van der Waals surface area contributed by atoms with Gasteiger partial charge >= 0.3 is 0 Å². The molecule has 2 aromatic carbocycles. The highest BCUT2D eigenvalue weighted by atomic mass is 35.5. The van der Waals surface area contributed by atoms with Crippen molar-refractivity contribution in [2.24, 2.45) is 0 Å². The molecule has 0 atom stereocenters. The monoisotopic (exact) mass is 323 g/mol. The molecule has 0 saturated heterocycles. The van der Waals surface area contributed by atoms with Crippen molar-refractivity contribution >= 4 is 54.3 Å². The lowest BCUT2D eigenvalue weighted by molar-refractivity contribution is 0.485. The second kappa shape index (κ2) is 8.58. The van der Waals surface area contributed by atoms with Gasteiger partial charge in [0.1, 0.15) is 11.5 Å². The second-order valence-corrected chi connectivity index (χ2v) is 3.47.